The van der Waals surface area contributed by atoms with E-state index in [1.807, 2.05) is 18.5 Å². The van der Waals surface area contributed by atoms with E-state index in [4.69, 9.17) is 19.1 Å². The molecule has 1 aliphatic carbocycles. The van der Waals surface area contributed by atoms with Gasteiger partial charge in [0.25, 0.3) is 0 Å². The van der Waals surface area contributed by atoms with Gasteiger partial charge in [-0.25, -0.2) is 9.78 Å². The number of furan rings is 1. The van der Waals surface area contributed by atoms with Crippen molar-refractivity contribution in [2.45, 2.75) is 45.3 Å². The number of carboxylic acids is 1. The number of imidazole rings is 1. The topological polar surface area (TPSA) is 80.7 Å². The largest absolute Gasteiger partial charge is 0.490 e. The molecule has 28 heavy (non-hydrogen) atoms. The Kier molecular flexibility index (Phi) is 6.40. The Balaban J connectivity index is 0.000000279. The Labute approximate surface area is 159 Å². The summed E-state index contributed by atoms with van der Waals surface area (Å²) in [6.07, 6.45) is 1.27. The Morgan fingerprint density at radius 3 is 2.71 bits per heavy atom. The molecule has 0 atom stereocenters. The van der Waals surface area contributed by atoms with Crippen molar-refractivity contribution in [2.75, 3.05) is 13.2 Å². The summed E-state index contributed by atoms with van der Waals surface area (Å²) in [4.78, 5) is 15.8. The number of hydrogen-bond acceptors (Lipinski definition) is 5. The van der Waals surface area contributed by atoms with Gasteiger partial charge in [-0.05, 0) is 30.9 Å². The zero-order valence-electron chi connectivity index (χ0n) is 15.2. The SMILES string of the molecule is O=C(O)C(F)(F)F.c1coc(CN2CCn3cnc(COCC4CC4)c3C2)c1. The van der Waals surface area contributed by atoms with E-state index >= 15 is 0 Å². The van der Waals surface area contributed by atoms with Crippen molar-refractivity contribution in [3.8, 4) is 0 Å². The Morgan fingerprint density at radius 1 is 1.36 bits per heavy atom. The first kappa shape index (κ1) is 20.4. The van der Waals surface area contributed by atoms with Gasteiger partial charge in [0, 0.05) is 26.2 Å². The molecule has 1 aliphatic heterocycles. The van der Waals surface area contributed by atoms with Crippen LogP contribution in [-0.2, 0) is 35.8 Å². The van der Waals surface area contributed by atoms with E-state index in [1.165, 1.54) is 18.5 Å². The minimum Gasteiger partial charge on any atom is -0.475 e. The van der Waals surface area contributed by atoms with Crippen molar-refractivity contribution in [1.82, 2.24) is 14.5 Å². The average Bonchev–Trinajstić information content (AvgIpc) is 3.15. The first-order valence-electron chi connectivity index (χ1n) is 8.98. The number of rotatable bonds is 6. The highest BCUT2D eigenvalue weighted by atomic mass is 19.4. The molecule has 0 spiro atoms. The van der Waals surface area contributed by atoms with E-state index in [2.05, 4.69) is 14.5 Å². The van der Waals surface area contributed by atoms with Crippen LogP contribution in [0.25, 0.3) is 0 Å². The maximum Gasteiger partial charge on any atom is 0.490 e. The Morgan fingerprint density at radius 2 is 2.11 bits per heavy atom. The molecule has 2 aromatic rings. The van der Waals surface area contributed by atoms with Crippen LogP contribution in [0, 0.1) is 5.92 Å². The third-order valence-corrected chi connectivity index (χ3v) is 4.55. The van der Waals surface area contributed by atoms with Gasteiger partial charge in [-0.1, -0.05) is 0 Å². The number of carboxylic acid groups (broad SMARTS) is 1. The fourth-order valence-corrected chi connectivity index (χ4v) is 2.85. The van der Waals surface area contributed by atoms with E-state index in [9.17, 15) is 13.2 Å². The number of halogens is 3. The highest BCUT2D eigenvalue weighted by Crippen LogP contribution is 2.29. The molecule has 0 aromatic carbocycles. The van der Waals surface area contributed by atoms with Gasteiger partial charge in [-0.15, -0.1) is 0 Å². The summed E-state index contributed by atoms with van der Waals surface area (Å²) in [6, 6.07) is 3.98. The fraction of sp³-hybridized carbons (Fsp3) is 0.556. The smallest absolute Gasteiger partial charge is 0.475 e. The van der Waals surface area contributed by atoms with Crippen LogP contribution in [0.2, 0.25) is 0 Å². The van der Waals surface area contributed by atoms with E-state index in [-0.39, 0.29) is 0 Å². The van der Waals surface area contributed by atoms with Crippen LogP contribution < -0.4 is 0 Å². The Bertz CT molecular complexity index is 770. The lowest BCUT2D eigenvalue weighted by molar-refractivity contribution is -0.192. The molecule has 0 radical (unpaired) electrons. The molecular formula is C18H22F3N3O4. The minimum absolute atomic E-state index is 0.646. The average molecular weight is 401 g/mol. The summed E-state index contributed by atoms with van der Waals surface area (Å²) >= 11 is 0. The second kappa shape index (κ2) is 8.78. The van der Waals surface area contributed by atoms with Crippen molar-refractivity contribution in [3.63, 3.8) is 0 Å². The van der Waals surface area contributed by atoms with Crippen LogP contribution in [-0.4, -0.2) is 44.9 Å². The zero-order chi connectivity index (χ0) is 20.1. The van der Waals surface area contributed by atoms with Crippen LogP contribution in [0.5, 0.6) is 0 Å². The first-order chi connectivity index (χ1) is 13.3. The molecular weight excluding hydrogens is 379 g/mol. The number of carbonyl (C=O) groups is 1. The molecule has 2 aliphatic rings. The molecule has 10 heteroatoms. The zero-order valence-corrected chi connectivity index (χ0v) is 15.2. The van der Waals surface area contributed by atoms with Gasteiger partial charge in [0.15, 0.2) is 0 Å². The molecule has 3 heterocycles. The van der Waals surface area contributed by atoms with E-state index < -0.39 is 12.1 Å². The quantitative estimate of drug-likeness (QED) is 0.801. The van der Waals surface area contributed by atoms with Crippen molar-refractivity contribution in [3.05, 3.63) is 41.9 Å². The molecule has 4 rings (SSSR count). The summed E-state index contributed by atoms with van der Waals surface area (Å²) < 4.78 is 45.2. The van der Waals surface area contributed by atoms with E-state index in [0.29, 0.717) is 6.61 Å². The molecule has 154 valence electrons. The highest BCUT2D eigenvalue weighted by Gasteiger charge is 2.38. The number of aliphatic carboxylic acids is 1. The lowest BCUT2D eigenvalue weighted by Crippen LogP contribution is -2.33. The fourth-order valence-electron chi connectivity index (χ4n) is 2.85. The minimum atomic E-state index is -5.08. The van der Waals surface area contributed by atoms with Crippen LogP contribution in [0.1, 0.15) is 30.0 Å². The normalized spacial score (nSPS) is 17.0. The second-order valence-corrected chi connectivity index (χ2v) is 6.88. The number of alkyl halides is 3. The molecule has 0 saturated heterocycles. The van der Waals surface area contributed by atoms with Gasteiger partial charge in [0.2, 0.25) is 0 Å². The van der Waals surface area contributed by atoms with Gasteiger partial charge in [0.05, 0.1) is 37.1 Å². The van der Waals surface area contributed by atoms with E-state index in [1.54, 1.807) is 6.26 Å². The molecule has 1 fully saturated rings. The molecule has 0 unspecified atom stereocenters. The van der Waals surface area contributed by atoms with Crippen molar-refractivity contribution < 1.29 is 32.2 Å². The van der Waals surface area contributed by atoms with E-state index in [0.717, 1.165) is 50.2 Å². The summed E-state index contributed by atoms with van der Waals surface area (Å²) in [5.74, 6) is -0.930. The number of nitrogens with zero attached hydrogens (tertiary/aromatic N) is 3. The van der Waals surface area contributed by atoms with Gasteiger partial charge >= 0.3 is 12.1 Å². The standard InChI is InChI=1S/C16H21N3O2.C2HF3O2/c1-2-14(21-7-1)8-18-5-6-19-12-17-15(16(19)9-18)11-20-10-13-3-4-13;3-2(4,5)1(6)7/h1-2,7,12-13H,3-6,8-11H2;(H,6,7). The predicted molar refractivity (Wildman–Crippen MR) is 91.1 cm³/mol. The molecule has 2 aromatic heterocycles. The molecule has 1 saturated carbocycles. The van der Waals surface area contributed by atoms with Gasteiger partial charge in [-0.2, -0.15) is 13.2 Å². The number of hydrogen-bond donors (Lipinski definition) is 1. The first-order valence-corrected chi connectivity index (χ1v) is 8.98. The summed E-state index contributed by atoms with van der Waals surface area (Å²) in [7, 11) is 0. The van der Waals surface area contributed by atoms with Crippen LogP contribution in [0.3, 0.4) is 0 Å². The monoisotopic (exact) mass is 401 g/mol. The van der Waals surface area contributed by atoms with Crippen LogP contribution in [0.15, 0.2) is 29.1 Å². The summed E-state index contributed by atoms with van der Waals surface area (Å²) in [5.41, 5.74) is 2.39. The second-order valence-electron chi connectivity index (χ2n) is 6.88. The summed E-state index contributed by atoms with van der Waals surface area (Å²) in [6.45, 7) is 5.34. The van der Waals surface area contributed by atoms with Crippen molar-refractivity contribution in [1.29, 1.82) is 0 Å². The molecule has 0 amide bonds. The molecule has 0 bridgehead atoms. The predicted octanol–water partition coefficient (Wildman–Crippen LogP) is 3.05. The maximum absolute atomic E-state index is 10.6. The Hall–Kier alpha value is -2.33. The van der Waals surface area contributed by atoms with Gasteiger partial charge < -0.3 is 18.8 Å². The number of ether oxygens (including phenoxy) is 1. The lowest BCUT2D eigenvalue weighted by Gasteiger charge is -2.27. The number of aromatic nitrogens is 2. The third-order valence-electron chi connectivity index (χ3n) is 4.55. The number of fused-ring (bicyclic) bond motifs is 1. The van der Waals surface area contributed by atoms with Crippen LogP contribution in [0.4, 0.5) is 13.2 Å². The molecule has 7 nitrogen and oxygen atoms in total. The van der Waals surface area contributed by atoms with Crippen LogP contribution >= 0.6 is 0 Å². The van der Waals surface area contributed by atoms with Crippen molar-refractivity contribution >= 4 is 5.97 Å². The highest BCUT2D eigenvalue weighted by molar-refractivity contribution is 5.73. The lowest BCUT2D eigenvalue weighted by atomic mass is 10.2. The maximum atomic E-state index is 10.6. The van der Waals surface area contributed by atoms with Gasteiger partial charge in [0.1, 0.15) is 5.76 Å². The molecule has 1 N–H and O–H groups in total. The third kappa shape index (κ3) is 5.83. The van der Waals surface area contributed by atoms with Crippen molar-refractivity contribution in [2.24, 2.45) is 5.92 Å². The summed E-state index contributed by atoms with van der Waals surface area (Å²) in [5, 5.41) is 7.12. The van der Waals surface area contributed by atoms with Gasteiger partial charge in [-0.3, -0.25) is 4.90 Å².